The highest BCUT2D eigenvalue weighted by molar-refractivity contribution is 7.47. The number of halogens is 2. The lowest BCUT2D eigenvalue weighted by molar-refractivity contribution is -0.157. The maximum absolute atomic E-state index is 13.0. The third kappa shape index (κ3) is 5.43. The summed E-state index contributed by atoms with van der Waals surface area (Å²) in [4.78, 5) is 43.4. The summed E-state index contributed by atoms with van der Waals surface area (Å²) in [6.45, 7) is 1.01. The van der Waals surface area contributed by atoms with E-state index >= 15 is 0 Å². The zero-order valence-electron chi connectivity index (χ0n) is 10.6. The SMILES string of the molecule is COC(=O)C(F)C(=O)OP(C)OC(=O)C(F)C(=O)OC. The average Bonchev–Trinajstić information content (AvgIpc) is 2.43. The molecule has 0 rings (SSSR count). The number of esters is 2. The molecule has 0 aliphatic carbocycles. The molecule has 2 atom stereocenters. The zero-order chi connectivity index (χ0) is 15.9. The number of carbonyl (C=O) groups excluding carboxylic acids is 4. The van der Waals surface area contributed by atoms with E-state index in [1.165, 1.54) is 0 Å². The van der Waals surface area contributed by atoms with Crippen molar-refractivity contribution in [3.05, 3.63) is 0 Å². The Bertz CT molecular complexity index is 365. The maximum atomic E-state index is 13.0. The number of hydrogen-bond acceptors (Lipinski definition) is 8. The first kappa shape index (κ1) is 18.2. The van der Waals surface area contributed by atoms with Gasteiger partial charge in [0.15, 0.2) is 0 Å². The van der Waals surface area contributed by atoms with Gasteiger partial charge in [0.05, 0.1) is 14.2 Å². The fourth-order valence-electron chi connectivity index (χ4n) is 0.764. The van der Waals surface area contributed by atoms with Gasteiger partial charge < -0.3 is 18.5 Å². The van der Waals surface area contributed by atoms with Gasteiger partial charge in [0.2, 0.25) is 0 Å². The van der Waals surface area contributed by atoms with Crippen LogP contribution in [0, 0.1) is 0 Å². The molecule has 0 aliphatic rings. The van der Waals surface area contributed by atoms with E-state index in [9.17, 15) is 28.0 Å². The summed E-state index contributed by atoms with van der Waals surface area (Å²) in [5.41, 5.74) is 0. The largest absolute Gasteiger partial charge is 0.466 e. The number of ether oxygens (including phenoxy) is 2. The second-order valence-electron chi connectivity index (χ2n) is 3.03. The van der Waals surface area contributed by atoms with Crippen LogP contribution in [0.5, 0.6) is 0 Å². The van der Waals surface area contributed by atoms with Gasteiger partial charge in [-0.3, -0.25) is 0 Å². The molecule has 0 bridgehead atoms. The van der Waals surface area contributed by atoms with E-state index < -0.39 is 44.6 Å². The van der Waals surface area contributed by atoms with Gasteiger partial charge in [-0.05, 0) is 0 Å². The molecule has 0 N–H and O–H groups in total. The van der Waals surface area contributed by atoms with Gasteiger partial charge in [0, 0.05) is 6.66 Å². The standard InChI is InChI=1S/C9H11F2O8P/c1-16-6(12)4(10)8(14)18-20(3)19-9(15)5(11)7(13)17-2/h4-5H,1-3H3. The van der Waals surface area contributed by atoms with Crippen LogP contribution < -0.4 is 0 Å². The average molecular weight is 316 g/mol. The predicted molar refractivity (Wildman–Crippen MR) is 58.9 cm³/mol. The third-order valence-electron chi connectivity index (χ3n) is 1.67. The second kappa shape index (κ2) is 8.36. The van der Waals surface area contributed by atoms with Crippen LogP contribution >= 0.6 is 8.38 Å². The first-order valence-electron chi connectivity index (χ1n) is 4.85. The highest BCUT2D eigenvalue weighted by atomic mass is 31.2. The van der Waals surface area contributed by atoms with Gasteiger partial charge in [0.25, 0.3) is 20.7 Å². The highest BCUT2D eigenvalue weighted by Crippen LogP contribution is 2.35. The van der Waals surface area contributed by atoms with Crippen LogP contribution in [0.3, 0.4) is 0 Å². The molecule has 2 unspecified atom stereocenters. The summed E-state index contributed by atoms with van der Waals surface area (Å²) in [6.07, 6.45) is -5.43. The second-order valence-corrected chi connectivity index (χ2v) is 4.28. The Balaban J connectivity index is 4.39. The number of alkyl halides is 2. The van der Waals surface area contributed by atoms with E-state index in [4.69, 9.17) is 0 Å². The first-order valence-corrected chi connectivity index (χ1v) is 6.48. The molecule has 0 radical (unpaired) electrons. The van der Waals surface area contributed by atoms with Crippen LogP contribution in [-0.2, 0) is 37.7 Å². The van der Waals surface area contributed by atoms with E-state index in [0.29, 0.717) is 0 Å². The summed E-state index contributed by atoms with van der Waals surface area (Å²) in [7, 11) is -0.682. The lowest BCUT2D eigenvalue weighted by Crippen LogP contribution is -2.30. The van der Waals surface area contributed by atoms with Gasteiger partial charge in [-0.1, -0.05) is 0 Å². The number of hydrogen-bond donors (Lipinski definition) is 0. The Morgan fingerprint density at radius 3 is 1.35 bits per heavy atom. The van der Waals surface area contributed by atoms with E-state index in [2.05, 4.69) is 18.5 Å². The monoisotopic (exact) mass is 316 g/mol. The van der Waals surface area contributed by atoms with E-state index in [-0.39, 0.29) is 0 Å². The van der Waals surface area contributed by atoms with E-state index in [1.54, 1.807) is 0 Å². The number of methoxy groups -OCH3 is 2. The fraction of sp³-hybridized carbons (Fsp3) is 0.556. The van der Waals surface area contributed by atoms with Crippen molar-refractivity contribution < 1.29 is 46.5 Å². The molecule has 0 aromatic carbocycles. The number of rotatable bonds is 6. The van der Waals surface area contributed by atoms with Gasteiger partial charge in [0.1, 0.15) is 0 Å². The van der Waals surface area contributed by atoms with Crippen molar-refractivity contribution in [2.75, 3.05) is 20.9 Å². The summed E-state index contributed by atoms with van der Waals surface area (Å²) in [5.74, 6) is -6.32. The van der Waals surface area contributed by atoms with Crippen molar-refractivity contribution in [2.24, 2.45) is 0 Å². The lowest BCUT2D eigenvalue weighted by atomic mass is 10.4. The van der Waals surface area contributed by atoms with Crippen molar-refractivity contribution in [3.63, 3.8) is 0 Å². The first-order chi connectivity index (χ1) is 9.24. The van der Waals surface area contributed by atoms with Gasteiger partial charge >= 0.3 is 23.9 Å². The molecule has 0 aromatic heterocycles. The smallest absolute Gasteiger partial charge is 0.357 e. The molecule has 0 spiro atoms. The summed E-state index contributed by atoms with van der Waals surface area (Å²) in [5, 5.41) is 0. The molecule has 0 amide bonds. The highest BCUT2D eigenvalue weighted by Gasteiger charge is 2.34. The molecule has 0 saturated heterocycles. The molecular formula is C9H11F2O8P. The maximum Gasteiger partial charge on any atom is 0.357 e. The van der Waals surface area contributed by atoms with Crippen molar-refractivity contribution in [3.8, 4) is 0 Å². The molecule has 0 aliphatic heterocycles. The molecular weight excluding hydrogens is 305 g/mol. The van der Waals surface area contributed by atoms with Gasteiger partial charge in [-0.2, -0.15) is 0 Å². The Kier molecular flexibility index (Phi) is 7.60. The molecule has 11 heteroatoms. The Labute approximate surface area is 113 Å². The summed E-state index contributed by atoms with van der Waals surface area (Å²) in [6, 6.07) is 0. The van der Waals surface area contributed by atoms with Crippen molar-refractivity contribution >= 4 is 32.3 Å². The predicted octanol–water partition coefficient (Wildman–Crippen LogP) is 0.0367. The minimum absolute atomic E-state index is 0.848. The van der Waals surface area contributed by atoms with Crippen LogP contribution in [0.1, 0.15) is 0 Å². The molecule has 0 saturated carbocycles. The zero-order valence-corrected chi connectivity index (χ0v) is 11.5. The summed E-state index contributed by atoms with van der Waals surface area (Å²) < 4.78 is 42.4. The molecule has 8 nitrogen and oxygen atoms in total. The molecule has 20 heavy (non-hydrogen) atoms. The number of carbonyl (C=O) groups is 4. The normalized spacial score (nSPS) is 14.4. The lowest BCUT2D eigenvalue weighted by Gasteiger charge is -2.14. The van der Waals surface area contributed by atoms with Gasteiger partial charge in [-0.25, -0.2) is 28.0 Å². The quantitative estimate of drug-likeness (QED) is 0.384. The fourth-order valence-corrected chi connectivity index (χ4v) is 1.49. The minimum atomic E-state index is -2.72. The minimum Gasteiger partial charge on any atom is -0.466 e. The van der Waals surface area contributed by atoms with E-state index in [1.807, 2.05) is 0 Å². The van der Waals surface area contributed by atoms with E-state index in [0.717, 1.165) is 20.9 Å². The van der Waals surface area contributed by atoms with Crippen LogP contribution in [0.25, 0.3) is 0 Å². The third-order valence-corrected chi connectivity index (χ3v) is 2.54. The van der Waals surface area contributed by atoms with Gasteiger partial charge in [-0.15, -0.1) is 0 Å². The Morgan fingerprint density at radius 2 is 1.10 bits per heavy atom. The van der Waals surface area contributed by atoms with Crippen LogP contribution in [-0.4, -0.2) is 57.1 Å². The van der Waals surface area contributed by atoms with Crippen molar-refractivity contribution in [1.82, 2.24) is 0 Å². The van der Waals surface area contributed by atoms with Crippen molar-refractivity contribution in [1.29, 1.82) is 0 Å². The van der Waals surface area contributed by atoms with Crippen LogP contribution in [0.2, 0.25) is 0 Å². The van der Waals surface area contributed by atoms with Crippen molar-refractivity contribution in [2.45, 2.75) is 12.3 Å². The van der Waals surface area contributed by atoms with Crippen LogP contribution in [0.15, 0.2) is 0 Å². The topological polar surface area (TPSA) is 105 Å². The van der Waals surface area contributed by atoms with Crippen LogP contribution in [0.4, 0.5) is 8.78 Å². The molecule has 114 valence electrons. The molecule has 0 aromatic rings. The summed E-state index contributed by atoms with van der Waals surface area (Å²) >= 11 is 0. The molecule has 0 fully saturated rings. The molecule has 0 heterocycles. The Morgan fingerprint density at radius 1 is 0.800 bits per heavy atom. The Hall–Kier alpha value is -1.83.